The zero-order chi connectivity index (χ0) is 33.5. The number of carboxylic acid groups (broad SMARTS) is 1. The number of nitrogens with one attached hydrogen (secondary N) is 1. The minimum absolute atomic E-state index is 0. The van der Waals surface area contributed by atoms with Crippen LogP contribution < -0.4 is 61.8 Å². The normalized spacial score (nSPS) is 42.7. The average Bonchev–Trinajstić information content (AvgIpc) is 2.94. The SMILES string of the molecule is CC(C)N(CC(=O)NCC(=O)[O-])C(=O)[C@@]1(C)CC[C@]2(C)CC[C@]3(C)C(=CC(=O)[C@@H]4[C@@]5(C)CC[C@H](O)C(C)(C)[C@@H]5CC[C@]43C)[C@@H]2C1.[K+]. The van der Waals surface area contributed by atoms with Gasteiger partial charge < -0.3 is 25.2 Å². The van der Waals surface area contributed by atoms with Crippen LogP contribution in [0.2, 0.25) is 0 Å². The number of aliphatic carboxylic acids is 1. The van der Waals surface area contributed by atoms with Crippen molar-refractivity contribution in [1.29, 1.82) is 0 Å². The van der Waals surface area contributed by atoms with E-state index in [1.807, 2.05) is 26.8 Å². The summed E-state index contributed by atoms with van der Waals surface area (Å²) in [7, 11) is 0. The monoisotopic (exact) mass is 664 g/mol. The van der Waals surface area contributed by atoms with Crippen LogP contribution in [0.5, 0.6) is 0 Å². The average molecular weight is 665 g/mol. The summed E-state index contributed by atoms with van der Waals surface area (Å²) in [5, 5.41) is 24.2. The van der Waals surface area contributed by atoms with Crippen LogP contribution in [0.4, 0.5) is 0 Å². The molecule has 0 heterocycles. The first kappa shape index (κ1) is 38.2. The Kier molecular flexibility index (Phi) is 10.5. The van der Waals surface area contributed by atoms with Gasteiger partial charge >= 0.3 is 51.4 Å². The minimum Gasteiger partial charge on any atom is -0.548 e. The van der Waals surface area contributed by atoms with Crippen LogP contribution in [-0.4, -0.2) is 58.8 Å². The fraction of sp³-hybridized carbons (Fsp3) is 0.838. The van der Waals surface area contributed by atoms with E-state index in [-0.39, 0.29) is 127 Å². The molecule has 8 nitrogen and oxygen atoms in total. The number of nitrogens with zero attached hydrogens (tertiary/aromatic N) is 1. The number of carboxylic acids is 1. The number of hydrogen-bond donors (Lipinski definition) is 2. The molecule has 0 aromatic rings. The van der Waals surface area contributed by atoms with Crippen molar-refractivity contribution in [2.24, 2.45) is 50.2 Å². The fourth-order valence-electron chi connectivity index (χ4n) is 11.6. The quantitative estimate of drug-likeness (QED) is 0.414. The van der Waals surface area contributed by atoms with Gasteiger partial charge in [0, 0.05) is 17.4 Å². The molecule has 252 valence electrons. The number of fused-ring (bicyclic) bond motifs is 7. The summed E-state index contributed by atoms with van der Waals surface area (Å²) in [6.45, 7) is 18.8. The molecule has 0 bridgehead atoms. The molecular weight excluding hydrogens is 608 g/mol. The van der Waals surface area contributed by atoms with Crippen molar-refractivity contribution >= 4 is 23.6 Å². The summed E-state index contributed by atoms with van der Waals surface area (Å²) in [5.74, 6) is -1.47. The molecule has 0 aromatic carbocycles. The number of aliphatic hydroxyl groups is 1. The van der Waals surface area contributed by atoms with E-state index in [1.54, 1.807) is 4.90 Å². The largest absolute Gasteiger partial charge is 1.00 e. The second-order valence-electron chi connectivity index (χ2n) is 17.8. The Bertz CT molecular complexity index is 1310. The molecule has 0 aliphatic heterocycles. The maximum Gasteiger partial charge on any atom is 1.00 e. The van der Waals surface area contributed by atoms with Gasteiger partial charge in [-0.25, -0.2) is 0 Å². The van der Waals surface area contributed by atoms with Gasteiger partial charge in [0.15, 0.2) is 5.78 Å². The minimum atomic E-state index is -1.37. The maximum absolute atomic E-state index is 14.6. The Morgan fingerprint density at radius 3 is 2.22 bits per heavy atom. The van der Waals surface area contributed by atoms with Gasteiger partial charge in [-0.1, -0.05) is 54.0 Å². The van der Waals surface area contributed by atoms with Crippen molar-refractivity contribution in [3.8, 4) is 0 Å². The van der Waals surface area contributed by atoms with Crippen LogP contribution in [0.3, 0.4) is 0 Å². The van der Waals surface area contributed by atoms with Crippen molar-refractivity contribution in [2.75, 3.05) is 13.1 Å². The summed E-state index contributed by atoms with van der Waals surface area (Å²) in [4.78, 5) is 53.9. The third-order valence-electron chi connectivity index (χ3n) is 14.7. The second-order valence-corrected chi connectivity index (χ2v) is 17.8. The second kappa shape index (κ2) is 12.6. The van der Waals surface area contributed by atoms with Gasteiger partial charge in [-0.05, 0) is 117 Å². The van der Waals surface area contributed by atoms with Crippen molar-refractivity contribution in [3.63, 3.8) is 0 Å². The van der Waals surface area contributed by atoms with Crippen molar-refractivity contribution in [1.82, 2.24) is 10.2 Å². The molecule has 0 unspecified atom stereocenters. The number of amides is 2. The van der Waals surface area contributed by atoms with Crippen LogP contribution in [0, 0.1) is 50.2 Å². The van der Waals surface area contributed by atoms with Crippen LogP contribution >= 0.6 is 0 Å². The first-order valence-corrected chi connectivity index (χ1v) is 17.4. The van der Waals surface area contributed by atoms with E-state index < -0.39 is 23.8 Å². The molecule has 9 atom stereocenters. The number of hydrogen-bond acceptors (Lipinski definition) is 6. The molecule has 0 radical (unpaired) electrons. The van der Waals surface area contributed by atoms with E-state index in [2.05, 4.69) is 46.9 Å². The van der Waals surface area contributed by atoms with Gasteiger partial charge in [0.25, 0.3) is 0 Å². The fourth-order valence-corrected chi connectivity index (χ4v) is 11.6. The first-order valence-electron chi connectivity index (χ1n) is 17.4. The van der Waals surface area contributed by atoms with Gasteiger partial charge in [0.2, 0.25) is 11.8 Å². The summed E-state index contributed by atoms with van der Waals surface area (Å²) in [6.07, 6.45) is 9.50. The zero-order valence-electron chi connectivity index (χ0n) is 30.2. The third-order valence-corrected chi connectivity index (χ3v) is 14.7. The molecular formula is C37H57KN2O6. The Labute approximate surface area is 319 Å². The van der Waals surface area contributed by atoms with Crippen LogP contribution in [0.15, 0.2) is 11.6 Å². The number of carbonyl (C=O) groups is 4. The molecule has 0 spiro atoms. The van der Waals surface area contributed by atoms with Crippen LogP contribution in [0.25, 0.3) is 0 Å². The van der Waals surface area contributed by atoms with Crippen molar-refractivity contribution < 1.29 is 80.8 Å². The molecule has 4 saturated carbocycles. The molecule has 0 aromatic heterocycles. The zero-order valence-corrected chi connectivity index (χ0v) is 33.3. The molecule has 5 aliphatic carbocycles. The summed E-state index contributed by atoms with van der Waals surface area (Å²) in [5.41, 5.74) is -0.285. The predicted molar refractivity (Wildman–Crippen MR) is 170 cm³/mol. The van der Waals surface area contributed by atoms with E-state index in [0.717, 1.165) is 44.9 Å². The number of allylic oxidation sites excluding steroid dienone is 2. The standard InChI is InChI=1S/C37H58N2O6.K/c1-22(2)39(21-28(42)38-20-29(43)44)31(45)34(6)15-14-33(5)16-17-36(8)23(24(33)19-34)18-25(40)30-35(7)12-11-27(41)32(3,4)26(35)10-13-37(30,36)9;/h18,22,24,26-27,30,41H,10-17,19-21H2,1-9H3,(H,38,42)(H,43,44);/q;+1/p-1/t24-,26-,27-,30+,33+,34-,35-,36+,37+;/m0./s1. The molecule has 46 heavy (non-hydrogen) atoms. The van der Waals surface area contributed by atoms with E-state index in [9.17, 15) is 29.4 Å². The Morgan fingerprint density at radius 1 is 0.978 bits per heavy atom. The number of carbonyl (C=O) groups excluding carboxylic acids is 4. The molecule has 5 aliphatic rings. The van der Waals surface area contributed by atoms with Gasteiger partial charge in [0.1, 0.15) is 0 Å². The first-order chi connectivity index (χ1) is 20.7. The topological polar surface area (TPSA) is 127 Å². The van der Waals surface area contributed by atoms with Gasteiger partial charge in [-0.3, -0.25) is 14.4 Å². The molecule has 5 rings (SSSR count). The van der Waals surface area contributed by atoms with Gasteiger partial charge in [-0.15, -0.1) is 0 Å². The molecule has 0 saturated heterocycles. The maximum atomic E-state index is 14.6. The van der Waals surface area contributed by atoms with E-state index in [4.69, 9.17) is 0 Å². The Balaban J connectivity index is 0.00000480. The summed E-state index contributed by atoms with van der Waals surface area (Å²) in [6, 6.07) is -0.239. The van der Waals surface area contributed by atoms with E-state index in [0.29, 0.717) is 12.8 Å². The van der Waals surface area contributed by atoms with Gasteiger partial charge in [0.05, 0.1) is 25.2 Å². The summed E-state index contributed by atoms with van der Waals surface area (Å²) >= 11 is 0. The number of rotatable bonds is 6. The van der Waals surface area contributed by atoms with Crippen molar-refractivity contribution in [2.45, 2.75) is 132 Å². The summed E-state index contributed by atoms with van der Waals surface area (Å²) < 4.78 is 0. The molecule has 2 N–H and O–H groups in total. The van der Waals surface area contributed by atoms with Crippen LogP contribution in [0.1, 0.15) is 120 Å². The van der Waals surface area contributed by atoms with E-state index >= 15 is 0 Å². The van der Waals surface area contributed by atoms with E-state index in [1.165, 1.54) is 5.57 Å². The Morgan fingerprint density at radius 2 is 1.61 bits per heavy atom. The third kappa shape index (κ3) is 5.76. The van der Waals surface area contributed by atoms with Crippen molar-refractivity contribution in [3.05, 3.63) is 11.6 Å². The molecule has 4 fully saturated rings. The van der Waals surface area contributed by atoms with Gasteiger partial charge in [-0.2, -0.15) is 0 Å². The van der Waals surface area contributed by atoms with Crippen LogP contribution in [-0.2, 0) is 19.2 Å². The Hall–Kier alpha value is -0.584. The number of ketones is 1. The molecule has 2 amide bonds. The number of aliphatic hydroxyl groups excluding tert-OH is 1. The predicted octanol–water partition coefficient (Wildman–Crippen LogP) is 1.44. The molecule has 9 heteroatoms. The smallest absolute Gasteiger partial charge is 0.548 e.